The summed E-state index contributed by atoms with van der Waals surface area (Å²) < 4.78 is 0. The van der Waals surface area contributed by atoms with Crippen LogP contribution in [0.2, 0.25) is 0 Å². The number of aryl methyl sites for hydroxylation is 1. The van der Waals surface area contributed by atoms with Crippen LogP contribution in [-0.4, -0.2) is 9.97 Å². The van der Waals surface area contributed by atoms with E-state index in [2.05, 4.69) is 16.0 Å². The van der Waals surface area contributed by atoms with Gasteiger partial charge in [-0.25, -0.2) is 9.97 Å². The second-order valence-electron chi connectivity index (χ2n) is 4.45. The lowest BCUT2D eigenvalue weighted by Crippen LogP contribution is -1.99. The lowest BCUT2D eigenvalue weighted by molar-refractivity contribution is 0.742. The molecule has 2 aromatic heterocycles. The summed E-state index contributed by atoms with van der Waals surface area (Å²) in [5.41, 5.74) is 10.3. The molecule has 1 aliphatic carbocycles. The van der Waals surface area contributed by atoms with Crippen LogP contribution in [0.25, 0.3) is 15.9 Å². The smallest absolute Gasteiger partial charge is 0.144 e. The molecule has 3 rings (SSSR count). The number of allylic oxidation sites excluding steroid dienone is 2. The molecule has 0 saturated heterocycles. The van der Waals surface area contributed by atoms with Crippen molar-refractivity contribution in [2.24, 2.45) is 0 Å². The van der Waals surface area contributed by atoms with Crippen molar-refractivity contribution in [1.82, 2.24) is 9.97 Å². The fourth-order valence-corrected chi connectivity index (χ4v) is 3.17. The molecule has 2 N–H and O–H groups in total. The number of rotatable bonds is 1. The molecule has 3 nitrogen and oxygen atoms in total. The molecule has 2 aromatic rings. The predicted molar refractivity (Wildman–Crippen MR) is 73.0 cm³/mol. The van der Waals surface area contributed by atoms with E-state index in [-0.39, 0.29) is 0 Å². The van der Waals surface area contributed by atoms with E-state index in [1.807, 2.05) is 6.92 Å². The lowest BCUT2D eigenvalue weighted by Gasteiger charge is -2.14. The second kappa shape index (κ2) is 4.11. The van der Waals surface area contributed by atoms with E-state index >= 15 is 0 Å². The van der Waals surface area contributed by atoms with Crippen LogP contribution in [0.3, 0.4) is 0 Å². The number of nitrogen functional groups attached to an aromatic ring is 1. The number of pyridine rings is 1. The van der Waals surface area contributed by atoms with Gasteiger partial charge in [0.1, 0.15) is 10.3 Å². The van der Waals surface area contributed by atoms with Gasteiger partial charge in [0, 0.05) is 5.56 Å². The van der Waals surface area contributed by atoms with Gasteiger partial charge in [0.25, 0.3) is 0 Å². The topological polar surface area (TPSA) is 51.8 Å². The van der Waals surface area contributed by atoms with Crippen LogP contribution in [-0.2, 0) is 0 Å². The van der Waals surface area contributed by atoms with Gasteiger partial charge >= 0.3 is 0 Å². The number of hydrogen-bond donors (Lipinski definition) is 1. The Morgan fingerprint density at radius 2 is 2.24 bits per heavy atom. The van der Waals surface area contributed by atoms with Crippen molar-refractivity contribution in [2.75, 3.05) is 5.73 Å². The third kappa shape index (κ3) is 1.82. The molecule has 0 radical (unpaired) electrons. The minimum Gasteiger partial charge on any atom is -0.397 e. The quantitative estimate of drug-likeness (QED) is 0.836. The Kier molecular flexibility index (Phi) is 2.59. The first-order valence-electron chi connectivity index (χ1n) is 5.97. The first-order chi connectivity index (χ1) is 8.25. The average Bonchev–Trinajstić information content (AvgIpc) is 2.70. The van der Waals surface area contributed by atoms with Crippen LogP contribution in [0.4, 0.5) is 5.69 Å². The van der Waals surface area contributed by atoms with Crippen molar-refractivity contribution < 1.29 is 0 Å². The van der Waals surface area contributed by atoms with Gasteiger partial charge in [0.05, 0.1) is 16.9 Å². The molecule has 1 aliphatic rings. The van der Waals surface area contributed by atoms with E-state index in [4.69, 9.17) is 5.73 Å². The van der Waals surface area contributed by atoms with Crippen molar-refractivity contribution >= 4 is 32.9 Å². The van der Waals surface area contributed by atoms with E-state index in [1.165, 1.54) is 18.4 Å². The number of aromatic nitrogens is 2. The molecular formula is C13H15N3S. The Bertz CT molecular complexity index is 598. The summed E-state index contributed by atoms with van der Waals surface area (Å²) in [6.07, 6.45) is 8.88. The van der Waals surface area contributed by atoms with E-state index in [0.29, 0.717) is 0 Å². The molecule has 0 spiro atoms. The summed E-state index contributed by atoms with van der Waals surface area (Å²) in [6.45, 7) is 2.02. The number of anilines is 1. The van der Waals surface area contributed by atoms with Crippen LogP contribution in [0, 0.1) is 6.92 Å². The summed E-state index contributed by atoms with van der Waals surface area (Å²) >= 11 is 1.63. The highest BCUT2D eigenvalue weighted by Gasteiger charge is 2.16. The average molecular weight is 245 g/mol. The zero-order chi connectivity index (χ0) is 11.8. The molecule has 0 atom stereocenters. The molecule has 0 saturated carbocycles. The Morgan fingerprint density at radius 3 is 3.00 bits per heavy atom. The van der Waals surface area contributed by atoms with E-state index < -0.39 is 0 Å². The Morgan fingerprint density at radius 1 is 1.35 bits per heavy atom. The van der Waals surface area contributed by atoms with E-state index in [9.17, 15) is 0 Å². The van der Waals surface area contributed by atoms with Gasteiger partial charge in [0.2, 0.25) is 0 Å². The van der Waals surface area contributed by atoms with Crippen molar-refractivity contribution in [3.05, 3.63) is 22.8 Å². The van der Waals surface area contributed by atoms with Crippen LogP contribution in [0.1, 0.15) is 36.3 Å². The molecule has 0 unspecified atom stereocenters. The molecule has 2 heterocycles. The first-order valence-corrected chi connectivity index (χ1v) is 6.78. The number of thiazole rings is 1. The van der Waals surface area contributed by atoms with Gasteiger partial charge in [-0.15, -0.1) is 0 Å². The van der Waals surface area contributed by atoms with Crippen molar-refractivity contribution in [1.29, 1.82) is 0 Å². The summed E-state index contributed by atoms with van der Waals surface area (Å²) in [6, 6.07) is 0. The van der Waals surface area contributed by atoms with Gasteiger partial charge in [0.15, 0.2) is 0 Å². The minimum atomic E-state index is 0.760. The molecule has 0 bridgehead atoms. The lowest BCUT2D eigenvalue weighted by atomic mass is 9.93. The van der Waals surface area contributed by atoms with Gasteiger partial charge in [-0.3, -0.25) is 0 Å². The summed E-state index contributed by atoms with van der Waals surface area (Å²) in [7, 11) is 0. The van der Waals surface area contributed by atoms with Gasteiger partial charge in [-0.2, -0.15) is 0 Å². The summed E-state index contributed by atoms with van der Waals surface area (Å²) in [4.78, 5) is 9.94. The largest absolute Gasteiger partial charge is 0.397 e. The monoisotopic (exact) mass is 245 g/mol. The third-order valence-electron chi connectivity index (χ3n) is 3.17. The third-order valence-corrected chi connectivity index (χ3v) is 4.05. The van der Waals surface area contributed by atoms with Crippen LogP contribution in [0.5, 0.6) is 0 Å². The molecule has 4 heteroatoms. The molecule has 17 heavy (non-hydrogen) atoms. The highest BCUT2D eigenvalue weighted by atomic mass is 32.1. The fraction of sp³-hybridized carbons (Fsp3) is 0.385. The number of hydrogen-bond acceptors (Lipinski definition) is 4. The van der Waals surface area contributed by atoms with E-state index in [1.54, 1.807) is 17.5 Å². The zero-order valence-electron chi connectivity index (χ0n) is 9.86. The maximum atomic E-state index is 6.09. The standard InChI is InChI=1S/C13H15N3S/c1-8-16-12-11(9-5-3-2-4-6-9)10(14)7-15-13(12)17-8/h5,7H,2-4,6,14H2,1H3. The van der Waals surface area contributed by atoms with Crippen molar-refractivity contribution in [3.8, 4) is 0 Å². The molecular weight excluding hydrogens is 230 g/mol. The Labute approximate surface area is 104 Å². The first kappa shape index (κ1) is 10.7. The Balaban J connectivity index is 2.25. The van der Waals surface area contributed by atoms with Gasteiger partial charge in [-0.05, 0) is 38.2 Å². The van der Waals surface area contributed by atoms with Crippen LogP contribution in [0.15, 0.2) is 12.3 Å². The number of fused-ring (bicyclic) bond motifs is 1. The number of nitrogens with two attached hydrogens (primary N) is 1. The minimum absolute atomic E-state index is 0.760. The van der Waals surface area contributed by atoms with Crippen molar-refractivity contribution in [3.63, 3.8) is 0 Å². The molecule has 0 aromatic carbocycles. The van der Waals surface area contributed by atoms with E-state index in [0.717, 1.165) is 39.4 Å². The fourth-order valence-electron chi connectivity index (χ4n) is 2.40. The summed E-state index contributed by atoms with van der Waals surface area (Å²) in [5.74, 6) is 0. The van der Waals surface area contributed by atoms with Gasteiger partial charge in [-0.1, -0.05) is 17.4 Å². The molecule has 88 valence electrons. The normalized spacial score (nSPS) is 16.2. The molecule has 0 fully saturated rings. The summed E-state index contributed by atoms with van der Waals surface area (Å²) in [5, 5.41) is 1.05. The van der Waals surface area contributed by atoms with Gasteiger partial charge < -0.3 is 5.73 Å². The maximum Gasteiger partial charge on any atom is 0.144 e. The van der Waals surface area contributed by atoms with Crippen molar-refractivity contribution in [2.45, 2.75) is 32.6 Å². The molecule has 0 amide bonds. The SMILES string of the molecule is Cc1nc2c(C3=CCCCC3)c(N)cnc2s1. The zero-order valence-corrected chi connectivity index (χ0v) is 10.7. The highest BCUT2D eigenvalue weighted by Crippen LogP contribution is 2.35. The number of nitrogens with zero attached hydrogens (tertiary/aromatic N) is 2. The predicted octanol–water partition coefficient (Wildman–Crippen LogP) is 3.54. The van der Waals surface area contributed by atoms with Crippen LogP contribution >= 0.6 is 11.3 Å². The van der Waals surface area contributed by atoms with Crippen LogP contribution < -0.4 is 5.73 Å². The second-order valence-corrected chi connectivity index (χ2v) is 5.63. The maximum absolute atomic E-state index is 6.09. The Hall–Kier alpha value is -1.42. The highest BCUT2D eigenvalue weighted by molar-refractivity contribution is 7.18. The molecule has 0 aliphatic heterocycles.